The first-order valence-corrected chi connectivity index (χ1v) is 5.54. The predicted molar refractivity (Wildman–Crippen MR) is 66.1 cm³/mol. The minimum absolute atomic E-state index is 0.0760. The summed E-state index contributed by atoms with van der Waals surface area (Å²) < 4.78 is 15.3. The molecule has 3 heteroatoms. The molecule has 0 amide bonds. The van der Waals surface area contributed by atoms with Gasteiger partial charge in [-0.3, -0.25) is 4.79 Å². The van der Waals surface area contributed by atoms with Gasteiger partial charge in [-0.15, -0.1) is 0 Å². The number of aromatic nitrogens is 1. The Kier molecular flexibility index (Phi) is 2.45. The van der Waals surface area contributed by atoms with E-state index in [0.29, 0.717) is 5.69 Å². The van der Waals surface area contributed by atoms with Crippen molar-refractivity contribution in [3.8, 4) is 0 Å². The van der Waals surface area contributed by atoms with Crippen LogP contribution in [0.1, 0.15) is 16.1 Å². The highest BCUT2D eigenvalue weighted by Crippen LogP contribution is 2.15. The second-order valence-electron chi connectivity index (χ2n) is 3.95. The molecule has 0 aliphatic heterocycles. The first kappa shape index (κ1) is 10.7. The van der Waals surface area contributed by atoms with Gasteiger partial charge in [-0.1, -0.05) is 12.1 Å². The molecule has 2 nitrogen and oxygen atoms in total. The lowest BCUT2D eigenvalue weighted by molar-refractivity contribution is 0.102. The van der Waals surface area contributed by atoms with Crippen molar-refractivity contribution >= 4 is 11.3 Å². The lowest BCUT2D eigenvalue weighted by atomic mass is 10.1. The van der Waals surface area contributed by atoms with E-state index < -0.39 is 5.82 Å². The van der Waals surface area contributed by atoms with Crippen LogP contribution in [-0.2, 0) is 0 Å². The van der Waals surface area contributed by atoms with Crippen molar-refractivity contribution in [2.45, 2.75) is 0 Å². The number of halogens is 1. The Labute approximate surface area is 103 Å². The van der Waals surface area contributed by atoms with E-state index in [1.54, 1.807) is 34.9 Å². The molecule has 0 spiro atoms. The smallest absolute Gasteiger partial charge is 0.212 e. The number of nitrogens with zero attached hydrogens (tertiary/aromatic N) is 1. The van der Waals surface area contributed by atoms with Crippen LogP contribution in [0.5, 0.6) is 0 Å². The Bertz CT molecular complexity index is 730. The number of carbonyl (C=O) groups excluding carboxylic acids is 1. The summed E-state index contributed by atoms with van der Waals surface area (Å²) in [6, 6.07) is 15.9. The van der Waals surface area contributed by atoms with Crippen LogP contribution in [0, 0.1) is 11.9 Å². The fraction of sp³-hybridized carbons (Fsp3) is 0. The van der Waals surface area contributed by atoms with Crippen LogP contribution in [0.2, 0.25) is 0 Å². The molecule has 0 atom stereocenters. The van der Waals surface area contributed by atoms with Gasteiger partial charge in [0.05, 0.1) is 11.3 Å². The van der Waals surface area contributed by atoms with Crippen LogP contribution >= 0.6 is 0 Å². The number of hydrogen-bond donors (Lipinski definition) is 0. The summed E-state index contributed by atoms with van der Waals surface area (Å²) in [7, 11) is 0. The molecular formula is C15H9FNO. The maximum absolute atomic E-state index is 13.6. The van der Waals surface area contributed by atoms with Crippen molar-refractivity contribution in [3.63, 3.8) is 0 Å². The van der Waals surface area contributed by atoms with E-state index in [9.17, 15) is 9.18 Å². The monoisotopic (exact) mass is 238 g/mol. The number of fused-ring (bicyclic) bond motifs is 1. The van der Waals surface area contributed by atoms with Crippen molar-refractivity contribution in [3.05, 3.63) is 77.9 Å². The lowest BCUT2D eigenvalue weighted by Crippen LogP contribution is -2.08. The van der Waals surface area contributed by atoms with Gasteiger partial charge in [-0.25, -0.2) is 4.39 Å². The average Bonchev–Trinajstić information content (AvgIpc) is 2.86. The zero-order valence-electron chi connectivity index (χ0n) is 9.43. The van der Waals surface area contributed by atoms with Crippen molar-refractivity contribution in [2.75, 3.05) is 0 Å². The Hall–Kier alpha value is -2.42. The molecule has 3 aromatic rings. The SMILES string of the molecule is O=C(c1ccccc1F)c1c[c]cc2cccn12. The molecule has 1 aromatic carbocycles. The zero-order valence-corrected chi connectivity index (χ0v) is 9.43. The van der Waals surface area contributed by atoms with Crippen molar-refractivity contribution < 1.29 is 9.18 Å². The van der Waals surface area contributed by atoms with Gasteiger partial charge >= 0.3 is 0 Å². The summed E-state index contributed by atoms with van der Waals surface area (Å²) in [6.45, 7) is 0. The third kappa shape index (κ3) is 1.61. The molecule has 87 valence electrons. The zero-order chi connectivity index (χ0) is 12.5. The molecule has 0 bridgehead atoms. The Morgan fingerprint density at radius 3 is 2.78 bits per heavy atom. The maximum atomic E-state index is 13.6. The van der Waals surface area contributed by atoms with E-state index in [1.807, 2.05) is 12.1 Å². The fourth-order valence-electron chi connectivity index (χ4n) is 1.96. The molecule has 2 aromatic heterocycles. The summed E-state index contributed by atoms with van der Waals surface area (Å²) in [5, 5.41) is 0. The quantitative estimate of drug-likeness (QED) is 0.628. The highest BCUT2D eigenvalue weighted by molar-refractivity contribution is 6.08. The molecule has 0 saturated carbocycles. The van der Waals surface area contributed by atoms with Gasteiger partial charge in [0.1, 0.15) is 5.82 Å². The Morgan fingerprint density at radius 2 is 1.94 bits per heavy atom. The van der Waals surface area contributed by atoms with E-state index >= 15 is 0 Å². The second-order valence-corrected chi connectivity index (χ2v) is 3.95. The van der Waals surface area contributed by atoms with E-state index in [0.717, 1.165) is 5.52 Å². The van der Waals surface area contributed by atoms with Gasteiger partial charge in [0, 0.05) is 11.7 Å². The number of benzene rings is 1. The van der Waals surface area contributed by atoms with E-state index in [4.69, 9.17) is 0 Å². The van der Waals surface area contributed by atoms with Crippen LogP contribution < -0.4 is 0 Å². The lowest BCUT2D eigenvalue weighted by Gasteiger charge is -2.05. The number of hydrogen-bond acceptors (Lipinski definition) is 1. The Morgan fingerprint density at radius 1 is 1.11 bits per heavy atom. The summed E-state index contributed by atoms with van der Waals surface area (Å²) in [4.78, 5) is 12.3. The molecule has 0 fully saturated rings. The molecule has 0 aliphatic carbocycles. The molecular weight excluding hydrogens is 229 g/mol. The first-order valence-electron chi connectivity index (χ1n) is 5.54. The Balaban J connectivity index is 2.18. The topological polar surface area (TPSA) is 21.5 Å². The number of carbonyl (C=O) groups is 1. The first-order chi connectivity index (χ1) is 8.77. The highest BCUT2D eigenvalue weighted by atomic mass is 19.1. The van der Waals surface area contributed by atoms with Crippen molar-refractivity contribution in [1.29, 1.82) is 0 Å². The van der Waals surface area contributed by atoms with Gasteiger partial charge in [-0.2, -0.15) is 0 Å². The van der Waals surface area contributed by atoms with Crippen LogP contribution in [0.15, 0.2) is 54.7 Å². The standard InChI is InChI=1S/C15H9FNO/c16-13-8-2-1-7-12(13)15(18)14-9-3-5-11-6-4-10-17(11)14/h1-2,4-10H. The number of pyridine rings is 1. The van der Waals surface area contributed by atoms with Gasteiger partial charge < -0.3 is 4.40 Å². The van der Waals surface area contributed by atoms with Gasteiger partial charge in [0.2, 0.25) is 5.78 Å². The van der Waals surface area contributed by atoms with E-state index in [1.165, 1.54) is 12.1 Å². The average molecular weight is 238 g/mol. The van der Waals surface area contributed by atoms with Crippen LogP contribution in [0.4, 0.5) is 4.39 Å². The number of rotatable bonds is 2. The summed E-state index contributed by atoms with van der Waals surface area (Å²) in [6.07, 6.45) is 1.78. The van der Waals surface area contributed by atoms with E-state index in [-0.39, 0.29) is 11.3 Å². The summed E-state index contributed by atoms with van der Waals surface area (Å²) in [5.74, 6) is -0.849. The summed E-state index contributed by atoms with van der Waals surface area (Å²) >= 11 is 0. The van der Waals surface area contributed by atoms with Gasteiger partial charge in [-0.05, 0) is 42.5 Å². The molecule has 3 rings (SSSR count). The minimum atomic E-state index is -0.508. The largest absolute Gasteiger partial charge is 0.314 e. The molecule has 18 heavy (non-hydrogen) atoms. The molecule has 1 radical (unpaired) electrons. The molecule has 2 heterocycles. The number of ketones is 1. The predicted octanol–water partition coefficient (Wildman–Crippen LogP) is 3.11. The van der Waals surface area contributed by atoms with E-state index in [2.05, 4.69) is 6.07 Å². The fourth-order valence-corrected chi connectivity index (χ4v) is 1.96. The van der Waals surface area contributed by atoms with Crippen LogP contribution in [0.3, 0.4) is 0 Å². The normalized spacial score (nSPS) is 10.7. The molecule has 0 saturated heterocycles. The molecule has 0 N–H and O–H groups in total. The summed E-state index contributed by atoms with van der Waals surface area (Å²) in [5.41, 5.74) is 1.34. The van der Waals surface area contributed by atoms with Crippen LogP contribution in [0.25, 0.3) is 5.52 Å². The van der Waals surface area contributed by atoms with Crippen molar-refractivity contribution in [1.82, 2.24) is 4.40 Å². The minimum Gasteiger partial charge on any atom is -0.314 e. The van der Waals surface area contributed by atoms with Crippen molar-refractivity contribution in [2.24, 2.45) is 0 Å². The van der Waals surface area contributed by atoms with Gasteiger partial charge in [0.15, 0.2) is 0 Å². The van der Waals surface area contributed by atoms with Gasteiger partial charge in [0.25, 0.3) is 0 Å². The third-order valence-electron chi connectivity index (χ3n) is 2.84. The molecule has 0 unspecified atom stereocenters. The maximum Gasteiger partial charge on any atom is 0.212 e. The highest BCUT2D eigenvalue weighted by Gasteiger charge is 2.15. The third-order valence-corrected chi connectivity index (χ3v) is 2.84. The molecule has 0 aliphatic rings. The second kappa shape index (κ2) is 4.11. The van der Waals surface area contributed by atoms with Crippen LogP contribution in [-0.4, -0.2) is 10.2 Å².